The van der Waals surface area contributed by atoms with Crippen LogP contribution in [0, 0.1) is 0 Å². The minimum atomic E-state index is -1.11. The topological polar surface area (TPSA) is 75.5 Å². The Balaban J connectivity index is 2.53. The van der Waals surface area contributed by atoms with Crippen LogP contribution in [0.15, 0.2) is 12.4 Å². The Morgan fingerprint density at radius 2 is 1.95 bits per heavy atom. The molecule has 0 aliphatic rings. The summed E-state index contributed by atoms with van der Waals surface area (Å²) in [6.45, 7) is 9.73. The third-order valence-electron chi connectivity index (χ3n) is 2.76. The van der Waals surface area contributed by atoms with E-state index >= 15 is 0 Å². The molecule has 0 fully saturated rings. The van der Waals surface area contributed by atoms with Crippen molar-refractivity contribution in [2.75, 3.05) is 13.2 Å². The Morgan fingerprint density at radius 1 is 1.32 bits per heavy atom. The Labute approximate surface area is 113 Å². The first kappa shape index (κ1) is 15.4. The van der Waals surface area contributed by atoms with Crippen LogP contribution >= 0.6 is 0 Å². The first-order valence-electron chi connectivity index (χ1n) is 6.35. The molecule has 1 N–H and O–H groups in total. The van der Waals surface area contributed by atoms with E-state index in [2.05, 4.69) is 42.6 Å². The van der Waals surface area contributed by atoms with E-state index < -0.39 is 5.97 Å². The quantitative estimate of drug-likeness (QED) is 0.810. The number of hydrogen-bond donors (Lipinski definition) is 1. The monoisotopic (exact) mass is 267 g/mol. The predicted octanol–water partition coefficient (Wildman–Crippen LogP) is 1.67. The van der Waals surface area contributed by atoms with Crippen LogP contribution in [0.1, 0.15) is 38.2 Å². The van der Waals surface area contributed by atoms with Gasteiger partial charge in [0, 0.05) is 18.6 Å². The molecule has 0 saturated carbocycles. The molecule has 0 bridgehead atoms. The number of aromatic nitrogens is 2. The SMILES string of the molecule is CC(C)N(CCOc1cncc(C(=O)O)n1)C(C)C. The zero-order chi connectivity index (χ0) is 14.4. The lowest BCUT2D eigenvalue weighted by atomic mass is 10.2. The maximum absolute atomic E-state index is 10.7. The summed E-state index contributed by atoms with van der Waals surface area (Å²) in [7, 11) is 0. The number of nitrogens with zero attached hydrogens (tertiary/aromatic N) is 3. The lowest BCUT2D eigenvalue weighted by Crippen LogP contribution is -2.39. The number of carbonyl (C=O) groups is 1. The molecule has 1 rings (SSSR count). The van der Waals surface area contributed by atoms with Crippen LogP contribution in [0.4, 0.5) is 0 Å². The Kier molecular flexibility index (Phi) is 5.69. The first-order valence-corrected chi connectivity index (χ1v) is 6.35. The molecule has 0 aromatic carbocycles. The van der Waals surface area contributed by atoms with Gasteiger partial charge >= 0.3 is 5.97 Å². The van der Waals surface area contributed by atoms with Gasteiger partial charge in [-0.25, -0.2) is 9.78 Å². The standard InChI is InChI=1S/C13H21N3O3/c1-9(2)16(10(3)4)5-6-19-12-8-14-7-11(15-12)13(17)18/h7-10H,5-6H2,1-4H3,(H,17,18). The van der Waals surface area contributed by atoms with Crippen molar-refractivity contribution in [1.82, 2.24) is 14.9 Å². The summed E-state index contributed by atoms with van der Waals surface area (Å²) in [6, 6.07) is 0.861. The number of carboxylic acids is 1. The highest BCUT2D eigenvalue weighted by Crippen LogP contribution is 2.07. The predicted molar refractivity (Wildman–Crippen MR) is 71.5 cm³/mol. The van der Waals surface area contributed by atoms with Gasteiger partial charge in [0.1, 0.15) is 6.61 Å². The van der Waals surface area contributed by atoms with Gasteiger partial charge in [-0.2, -0.15) is 0 Å². The van der Waals surface area contributed by atoms with Gasteiger partial charge in [-0.05, 0) is 27.7 Å². The average molecular weight is 267 g/mol. The molecule has 0 aliphatic carbocycles. The zero-order valence-electron chi connectivity index (χ0n) is 11.8. The fourth-order valence-electron chi connectivity index (χ4n) is 1.89. The maximum Gasteiger partial charge on any atom is 0.356 e. The van der Waals surface area contributed by atoms with Crippen molar-refractivity contribution in [1.29, 1.82) is 0 Å². The Hall–Kier alpha value is -1.69. The molecule has 0 radical (unpaired) electrons. The molecule has 1 aromatic heterocycles. The minimum Gasteiger partial charge on any atom is -0.476 e. The van der Waals surface area contributed by atoms with E-state index in [0.717, 1.165) is 6.54 Å². The smallest absolute Gasteiger partial charge is 0.356 e. The highest BCUT2D eigenvalue weighted by molar-refractivity contribution is 5.84. The van der Waals surface area contributed by atoms with E-state index in [4.69, 9.17) is 9.84 Å². The summed E-state index contributed by atoms with van der Waals surface area (Å²) in [6.07, 6.45) is 2.62. The highest BCUT2D eigenvalue weighted by atomic mass is 16.5. The lowest BCUT2D eigenvalue weighted by molar-refractivity contribution is 0.0688. The molecule has 0 saturated heterocycles. The number of carboxylic acid groups (broad SMARTS) is 1. The molecule has 19 heavy (non-hydrogen) atoms. The maximum atomic E-state index is 10.7. The van der Waals surface area contributed by atoms with E-state index in [1.807, 2.05) is 0 Å². The average Bonchev–Trinajstić information content (AvgIpc) is 2.34. The van der Waals surface area contributed by atoms with Crippen molar-refractivity contribution < 1.29 is 14.6 Å². The number of aromatic carboxylic acids is 1. The first-order chi connectivity index (χ1) is 8.91. The van der Waals surface area contributed by atoms with Gasteiger partial charge in [-0.15, -0.1) is 0 Å². The van der Waals surface area contributed by atoms with E-state index in [1.54, 1.807) is 0 Å². The van der Waals surface area contributed by atoms with Crippen LogP contribution in [0.25, 0.3) is 0 Å². The second-order valence-corrected chi connectivity index (χ2v) is 4.82. The third-order valence-corrected chi connectivity index (χ3v) is 2.76. The summed E-state index contributed by atoms with van der Waals surface area (Å²) in [4.78, 5) is 20.7. The van der Waals surface area contributed by atoms with Gasteiger partial charge in [0.05, 0.1) is 12.4 Å². The summed E-state index contributed by atoms with van der Waals surface area (Å²) in [5, 5.41) is 8.80. The molecule has 0 unspecified atom stereocenters. The van der Waals surface area contributed by atoms with E-state index in [-0.39, 0.29) is 11.6 Å². The van der Waals surface area contributed by atoms with Gasteiger partial charge in [0.2, 0.25) is 5.88 Å². The van der Waals surface area contributed by atoms with Crippen molar-refractivity contribution in [2.45, 2.75) is 39.8 Å². The number of rotatable bonds is 7. The van der Waals surface area contributed by atoms with Gasteiger partial charge in [0.25, 0.3) is 0 Å². The second kappa shape index (κ2) is 7.04. The van der Waals surface area contributed by atoms with Gasteiger partial charge in [-0.1, -0.05) is 0 Å². The third kappa shape index (κ3) is 4.82. The fraction of sp³-hybridized carbons (Fsp3) is 0.615. The van der Waals surface area contributed by atoms with Crippen LogP contribution in [0.5, 0.6) is 5.88 Å². The van der Waals surface area contributed by atoms with Crippen LogP contribution < -0.4 is 4.74 Å². The van der Waals surface area contributed by atoms with Gasteiger partial charge in [0.15, 0.2) is 5.69 Å². The van der Waals surface area contributed by atoms with Crippen LogP contribution in [0.2, 0.25) is 0 Å². The lowest BCUT2D eigenvalue weighted by Gasteiger charge is -2.30. The van der Waals surface area contributed by atoms with Crippen LogP contribution in [-0.4, -0.2) is 51.2 Å². The van der Waals surface area contributed by atoms with E-state index in [0.29, 0.717) is 18.7 Å². The molecule has 0 aliphatic heterocycles. The molecule has 1 heterocycles. The molecule has 1 aromatic rings. The van der Waals surface area contributed by atoms with E-state index in [9.17, 15) is 4.79 Å². The van der Waals surface area contributed by atoms with Crippen LogP contribution in [-0.2, 0) is 0 Å². The fourth-order valence-corrected chi connectivity index (χ4v) is 1.89. The summed E-state index contributed by atoms with van der Waals surface area (Å²) in [5.41, 5.74) is -0.109. The molecule has 0 atom stereocenters. The van der Waals surface area contributed by atoms with Crippen molar-refractivity contribution in [2.24, 2.45) is 0 Å². The molecule has 106 valence electrons. The van der Waals surface area contributed by atoms with Crippen molar-refractivity contribution in [3.8, 4) is 5.88 Å². The zero-order valence-corrected chi connectivity index (χ0v) is 11.8. The molecular weight excluding hydrogens is 246 g/mol. The van der Waals surface area contributed by atoms with Gasteiger partial charge < -0.3 is 9.84 Å². The summed E-state index contributed by atoms with van der Waals surface area (Å²) in [5.74, 6) is -0.865. The van der Waals surface area contributed by atoms with E-state index in [1.165, 1.54) is 12.4 Å². The van der Waals surface area contributed by atoms with Crippen molar-refractivity contribution in [3.05, 3.63) is 18.1 Å². The molecule has 6 nitrogen and oxygen atoms in total. The molecular formula is C13H21N3O3. The number of ether oxygens (including phenoxy) is 1. The highest BCUT2D eigenvalue weighted by Gasteiger charge is 2.13. The number of hydrogen-bond acceptors (Lipinski definition) is 5. The Bertz CT molecular complexity index is 413. The van der Waals surface area contributed by atoms with Gasteiger partial charge in [-0.3, -0.25) is 9.88 Å². The Morgan fingerprint density at radius 3 is 2.47 bits per heavy atom. The van der Waals surface area contributed by atoms with Crippen molar-refractivity contribution >= 4 is 5.97 Å². The largest absolute Gasteiger partial charge is 0.476 e. The minimum absolute atomic E-state index is 0.109. The normalized spacial score (nSPS) is 11.3. The van der Waals surface area contributed by atoms with Crippen LogP contribution in [0.3, 0.4) is 0 Å². The molecule has 6 heteroatoms. The second-order valence-electron chi connectivity index (χ2n) is 4.82. The summed E-state index contributed by atoms with van der Waals surface area (Å²) < 4.78 is 5.45. The van der Waals surface area contributed by atoms with Crippen molar-refractivity contribution in [3.63, 3.8) is 0 Å². The molecule has 0 amide bonds. The summed E-state index contributed by atoms with van der Waals surface area (Å²) >= 11 is 0. The molecule has 0 spiro atoms.